The van der Waals surface area contributed by atoms with Crippen LogP contribution in [0.2, 0.25) is 0 Å². The monoisotopic (exact) mass is 502 g/mol. The molecule has 2 aliphatic rings. The molecule has 186 valence electrons. The normalized spacial score (nSPS) is 29.4. The number of nitrogens with one attached hydrogen (secondary N) is 4. The molecule has 0 aliphatic carbocycles. The molecular formula is C21H34N4O6S2. The summed E-state index contributed by atoms with van der Waals surface area (Å²) in [6, 6.07) is -2.71. The van der Waals surface area contributed by atoms with Crippen molar-refractivity contribution < 1.29 is 28.7 Å². The third-order valence-corrected chi connectivity index (χ3v) is 7.21. The van der Waals surface area contributed by atoms with Crippen molar-refractivity contribution in [1.29, 1.82) is 0 Å². The van der Waals surface area contributed by atoms with Crippen LogP contribution in [0.5, 0.6) is 0 Å². The SMILES string of the molecule is C.CC(C)[C@H]1NC(=O)CC2/C=C/CCSSC[C@@H](NC1=O)C(=O)N[C@@H](C)C(=O)NCC(=O)O2. The van der Waals surface area contributed by atoms with Crippen LogP contribution >= 0.6 is 21.6 Å². The van der Waals surface area contributed by atoms with Crippen molar-refractivity contribution in [2.75, 3.05) is 18.1 Å². The molecule has 0 aromatic heterocycles. The van der Waals surface area contributed by atoms with Gasteiger partial charge in [0.25, 0.3) is 0 Å². The lowest BCUT2D eigenvalue weighted by Gasteiger charge is -2.26. The number of rotatable bonds is 1. The molecule has 4 N–H and O–H groups in total. The fourth-order valence-corrected chi connectivity index (χ4v) is 5.14. The number of hydrogen-bond donors (Lipinski definition) is 4. The Bertz CT molecular complexity index is 761. The van der Waals surface area contributed by atoms with E-state index in [1.165, 1.54) is 28.5 Å². The van der Waals surface area contributed by atoms with E-state index < -0.39 is 60.4 Å². The summed E-state index contributed by atoms with van der Waals surface area (Å²) in [6.45, 7) is 4.64. The molecule has 10 nitrogen and oxygen atoms in total. The molecule has 0 saturated carbocycles. The van der Waals surface area contributed by atoms with Gasteiger partial charge < -0.3 is 26.0 Å². The van der Waals surface area contributed by atoms with Crippen LogP contribution < -0.4 is 21.3 Å². The van der Waals surface area contributed by atoms with E-state index >= 15 is 0 Å². The maximum Gasteiger partial charge on any atom is 0.326 e. The Balaban J connectivity index is 0.00000544. The van der Waals surface area contributed by atoms with E-state index in [2.05, 4.69) is 21.3 Å². The van der Waals surface area contributed by atoms with Crippen molar-refractivity contribution >= 4 is 51.2 Å². The number of amides is 4. The largest absolute Gasteiger partial charge is 0.456 e. The number of ether oxygens (including phenoxy) is 1. The lowest BCUT2D eigenvalue weighted by Crippen LogP contribution is -2.58. The summed E-state index contributed by atoms with van der Waals surface area (Å²) in [6.07, 6.45) is 3.12. The molecule has 12 heteroatoms. The third kappa shape index (κ3) is 9.66. The van der Waals surface area contributed by atoms with E-state index in [1.807, 2.05) is 6.08 Å². The fourth-order valence-electron chi connectivity index (χ4n) is 2.99. The van der Waals surface area contributed by atoms with E-state index in [1.54, 1.807) is 19.9 Å². The lowest BCUT2D eigenvalue weighted by atomic mass is 10.0. The van der Waals surface area contributed by atoms with E-state index in [0.29, 0.717) is 6.42 Å². The van der Waals surface area contributed by atoms with E-state index in [-0.39, 0.29) is 25.5 Å². The van der Waals surface area contributed by atoms with Crippen LogP contribution in [0.15, 0.2) is 12.2 Å². The molecule has 0 aromatic carbocycles. The first-order valence-electron chi connectivity index (χ1n) is 10.5. The number of hydrogen-bond acceptors (Lipinski definition) is 8. The number of carbonyl (C=O) groups is 5. The molecule has 33 heavy (non-hydrogen) atoms. The quantitative estimate of drug-likeness (QED) is 0.231. The minimum atomic E-state index is -0.924. The van der Waals surface area contributed by atoms with Crippen LogP contribution in [0.25, 0.3) is 0 Å². The van der Waals surface area contributed by atoms with Crippen LogP contribution in [-0.4, -0.2) is 71.9 Å². The van der Waals surface area contributed by atoms with Gasteiger partial charge in [-0.3, -0.25) is 24.0 Å². The molecule has 4 amide bonds. The summed E-state index contributed by atoms with van der Waals surface area (Å²) in [4.78, 5) is 62.9. The Morgan fingerprint density at radius 3 is 2.42 bits per heavy atom. The molecule has 1 unspecified atom stereocenters. The van der Waals surface area contributed by atoms with Gasteiger partial charge in [0.15, 0.2) is 0 Å². The first-order chi connectivity index (χ1) is 15.2. The van der Waals surface area contributed by atoms with Crippen molar-refractivity contribution in [3.8, 4) is 0 Å². The summed E-state index contributed by atoms with van der Waals surface area (Å²) in [7, 11) is 2.96. The van der Waals surface area contributed by atoms with Gasteiger partial charge in [-0.15, -0.1) is 0 Å². The fraction of sp³-hybridized carbons (Fsp3) is 0.667. The highest BCUT2D eigenvalue weighted by atomic mass is 33.1. The Labute approximate surface area is 202 Å². The molecule has 0 spiro atoms. The highest BCUT2D eigenvalue weighted by molar-refractivity contribution is 8.76. The minimum Gasteiger partial charge on any atom is -0.456 e. The molecule has 1 fully saturated rings. The molecule has 2 bridgehead atoms. The van der Waals surface area contributed by atoms with Gasteiger partial charge in [-0.2, -0.15) is 0 Å². The van der Waals surface area contributed by atoms with Crippen molar-refractivity contribution in [2.24, 2.45) is 5.92 Å². The summed E-state index contributed by atoms with van der Waals surface area (Å²) in [5, 5.41) is 10.4. The first kappa shape index (κ1) is 28.8. The van der Waals surface area contributed by atoms with Gasteiger partial charge in [0, 0.05) is 11.5 Å². The van der Waals surface area contributed by atoms with Gasteiger partial charge in [0.2, 0.25) is 23.6 Å². The molecule has 0 aromatic rings. The second-order valence-electron chi connectivity index (χ2n) is 7.85. The molecule has 4 atom stereocenters. The zero-order valence-corrected chi connectivity index (χ0v) is 20.0. The molecule has 2 rings (SSSR count). The van der Waals surface area contributed by atoms with Gasteiger partial charge in [-0.25, -0.2) is 0 Å². The van der Waals surface area contributed by atoms with Crippen LogP contribution in [0.1, 0.15) is 41.0 Å². The Hall–Kier alpha value is -2.21. The first-order valence-corrected chi connectivity index (χ1v) is 12.9. The Morgan fingerprint density at radius 2 is 1.73 bits per heavy atom. The topological polar surface area (TPSA) is 143 Å². The second kappa shape index (κ2) is 14.1. The summed E-state index contributed by atoms with van der Waals surface area (Å²) in [5.74, 6) is -2.01. The average Bonchev–Trinajstić information content (AvgIpc) is 2.72. The minimum absolute atomic E-state index is 0. The Morgan fingerprint density at radius 1 is 1.00 bits per heavy atom. The van der Waals surface area contributed by atoms with Gasteiger partial charge >= 0.3 is 5.97 Å². The van der Waals surface area contributed by atoms with Crippen molar-refractivity contribution in [3.63, 3.8) is 0 Å². The number of allylic oxidation sites excluding steroid dienone is 1. The maximum absolute atomic E-state index is 12.9. The zero-order chi connectivity index (χ0) is 23.7. The van der Waals surface area contributed by atoms with Gasteiger partial charge in [0.1, 0.15) is 30.8 Å². The number of fused-ring (bicyclic) bond motifs is 7. The van der Waals surface area contributed by atoms with E-state index in [9.17, 15) is 24.0 Å². The van der Waals surface area contributed by atoms with Gasteiger partial charge in [0.05, 0.1) is 6.42 Å². The van der Waals surface area contributed by atoms with Crippen molar-refractivity contribution in [3.05, 3.63) is 12.2 Å². The lowest BCUT2D eigenvalue weighted by molar-refractivity contribution is -0.148. The standard InChI is InChI=1S/C20H30N4O6S2.CH4/c1-11(2)17-20(29)23-14-10-32-31-7-5-4-6-13(8-15(25)24-17)30-16(26)9-21-18(27)12(3)22-19(14)28;/h4,6,11-14,17H,5,7-10H2,1-3H3,(H,21,27)(H,22,28)(H,23,29)(H,24,25);1H4/b6-4+;/t12-,13?,14+,17+;/m0./s1. The third-order valence-electron chi connectivity index (χ3n) is 4.76. The highest BCUT2D eigenvalue weighted by Crippen LogP contribution is 2.23. The van der Waals surface area contributed by atoms with E-state index in [4.69, 9.17) is 4.74 Å². The second-order valence-corrected chi connectivity index (χ2v) is 10.5. The molecule has 1 saturated heterocycles. The zero-order valence-electron chi connectivity index (χ0n) is 18.3. The predicted molar refractivity (Wildman–Crippen MR) is 129 cm³/mol. The molecule has 2 heterocycles. The number of esters is 1. The van der Waals surface area contributed by atoms with Crippen molar-refractivity contribution in [2.45, 2.75) is 65.3 Å². The van der Waals surface area contributed by atoms with Crippen LogP contribution in [-0.2, 0) is 28.7 Å². The van der Waals surface area contributed by atoms with Crippen LogP contribution in [0, 0.1) is 5.92 Å². The van der Waals surface area contributed by atoms with Crippen LogP contribution in [0.4, 0.5) is 0 Å². The van der Waals surface area contributed by atoms with Crippen LogP contribution in [0.3, 0.4) is 0 Å². The van der Waals surface area contributed by atoms with Gasteiger partial charge in [-0.05, 0) is 25.3 Å². The summed E-state index contributed by atoms with van der Waals surface area (Å²) >= 11 is 0. The average molecular weight is 503 g/mol. The number of carbonyl (C=O) groups excluding carboxylic acids is 5. The molecule has 2 aliphatic heterocycles. The maximum atomic E-state index is 12.9. The smallest absolute Gasteiger partial charge is 0.326 e. The predicted octanol–water partition coefficient (Wildman–Crippen LogP) is 0.526. The molecular weight excluding hydrogens is 468 g/mol. The van der Waals surface area contributed by atoms with E-state index in [0.717, 1.165) is 5.75 Å². The highest BCUT2D eigenvalue weighted by Gasteiger charge is 2.31. The van der Waals surface area contributed by atoms with Gasteiger partial charge in [-0.1, -0.05) is 48.9 Å². The molecule has 0 radical (unpaired) electrons. The summed E-state index contributed by atoms with van der Waals surface area (Å²) < 4.78 is 5.36. The summed E-state index contributed by atoms with van der Waals surface area (Å²) in [5.41, 5.74) is 0. The Kier molecular flexibility index (Phi) is 12.3. The van der Waals surface area contributed by atoms with Crippen molar-refractivity contribution in [1.82, 2.24) is 21.3 Å².